The highest BCUT2D eigenvalue weighted by Crippen LogP contribution is 2.33. The number of pyridine rings is 1. The third-order valence-corrected chi connectivity index (χ3v) is 7.83. The SMILES string of the molecule is O=C(c1c(F)ccc(NS(=O)(=O)c2ccc(-c3ccco3)s2)c1F)c1c[nH]c2ncccc12. The Labute approximate surface area is 189 Å². The molecule has 0 amide bonds. The fourth-order valence-electron chi connectivity index (χ4n) is 3.33. The van der Waals surface area contributed by atoms with Crippen LogP contribution in [-0.4, -0.2) is 24.2 Å². The minimum atomic E-state index is -4.21. The van der Waals surface area contributed by atoms with Crippen LogP contribution in [0.25, 0.3) is 21.7 Å². The Bertz CT molecular complexity index is 1610. The maximum absolute atomic E-state index is 15.2. The van der Waals surface area contributed by atoms with Crippen LogP contribution in [0, 0.1) is 11.6 Å². The minimum absolute atomic E-state index is 0.0113. The van der Waals surface area contributed by atoms with Gasteiger partial charge in [-0.3, -0.25) is 9.52 Å². The van der Waals surface area contributed by atoms with Crippen molar-refractivity contribution in [3.8, 4) is 10.6 Å². The van der Waals surface area contributed by atoms with Gasteiger partial charge in [0, 0.05) is 23.3 Å². The molecule has 4 heterocycles. The van der Waals surface area contributed by atoms with E-state index in [1.165, 1.54) is 24.7 Å². The Morgan fingerprint density at radius 1 is 1.09 bits per heavy atom. The summed E-state index contributed by atoms with van der Waals surface area (Å²) in [5.41, 5.74) is -1.03. The lowest BCUT2D eigenvalue weighted by atomic mass is 10.0. The molecule has 1 aromatic carbocycles. The second-order valence-electron chi connectivity index (χ2n) is 6.92. The van der Waals surface area contributed by atoms with Crippen LogP contribution in [-0.2, 0) is 10.0 Å². The van der Waals surface area contributed by atoms with E-state index in [2.05, 4.69) is 14.7 Å². The zero-order valence-electron chi connectivity index (χ0n) is 16.5. The van der Waals surface area contributed by atoms with Gasteiger partial charge in [0.25, 0.3) is 10.0 Å². The maximum atomic E-state index is 15.2. The highest BCUT2D eigenvalue weighted by Gasteiger charge is 2.27. The molecule has 0 bridgehead atoms. The van der Waals surface area contributed by atoms with Gasteiger partial charge in [-0.2, -0.15) is 0 Å². The average Bonchev–Trinajstić information content (AvgIpc) is 3.55. The van der Waals surface area contributed by atoms with Crippen molar-refractivity contribution in [2.24, 2.45) is 0 Å². The number of rotatable bonds is 6. The molecule has 0 fully saturated rings. The Hall–Kier alpha value is -3.83. The molecular weight excluding hydrogens is 472 g/mol. The number of furan rings is 1. The van der Waals surface area contributed by atoms with E-state index in [-0.39, 0.29) is 9.77 Å². The Balaban J connectivity index is 1.50. The van der Waals surface area contributed by atoms with E-state index in [9.17, 15) is 17.6 Å². The van der Waals surface area contributed by atoms with Crippen molar-refractivity contribution in [1.82, 2.24) is 9.97 Å². The number of carbonyl (C=O) groups is 1. The second-order valence-corrected chi connectivity index (χ2v) is 9.91. The van der Waals surface area contributed by atoms with E-state index in [4.69, 9.17) is 4.42 Å². The van der Waals surface area contributed by atoms with E-state index in [1.807, 2.05) is 0 Å². The van der Waals surface area contributed by atoms with Gasteiger partial charge in [0.15, 0.2) is 5.82 Å². The molecule has 5 aromatic rings. The molecule has 4 aromatic heterocycles. The van der Waals surface area contributed by atoms with Crippen LogP contribution in [0.3, 0.4) is 0 Å². The van der Waals surface area contributed by atoms with Crippen molar-refractivity contribution >= 4 is 43.9 Å². The number of hydrogen-bond acceptors (Lipinski definition) is 6. The largest absolute Gasteiger partial charge is 0.464 e. The Morgan fingerprint density at radius 2 is 1.94 bits per heavy atom. The third kappa shape index (κ3) is 3.70. The second kappa shape index (κ2) is 7.94. The molecule has 0 saturated heterocycles. The lowest BCUT2D eigenvalue weighted by Gasteiger charge is -2.11. The van der Waals surface area contributed by atoms with E-state index >= 15 is 4.39 Å². The summed E-state index contributed by atoms with van der Waals surface area (Å²) in [7, 11) is -4.21. The van der Waals surface area contributed by atoms with Crippen LogP contribution in [0.4, 0.5) is 14.5 Å². The quantitative estimate of drug-likeness (QED) is 0.322. The lowest BCUT2D eigenvalue weighted by molar-refractivity contribution is 0.103. The topological polar surface area (TPSA) is 105 Å². The van der Waals surface area contributed by atoms with Gasteiger partial charge >= 0.3 is 0 Å². The number of aromatic amines is 1. The smallest absolute Gasteiger partial charge is 0.271 e. The van der Waals surface area contributed by atoms with Crippen LogP contribution in [0.2, 0.25) is 0 Å². The molecule has 5 rings (SSSR count). The number of sulfonamides is 1. The number of anilines is 1. The van der Waals surface area contributed by atoms with E-state index in [1.54, 1.807) is 30.3 Å². The first kappa shape index (κ1) is 21.0. The number of thiophene rings is 1. The third-order valence-electron chi connectivity index (χ3n) is 4.87. The molecule has 0 unspecified atom stereocenters. The Morgan fingerprint density at radius 3 is 2.73 bits per heavy atom. The van der Waals surface area contributed by atoms with E-state index in [0.29, 0.717) is 21.7 Å². The van der Waals surface area contributed by atoms with Crippen molar-refractivity contribution in [2.45, 2.75) is 4.21 Å². The standard InChI is InChI=1S/C22H13F2N3O4S2/c23-14-5-6-15(27-33(29,30)18-8-7-17(32-18)16-4-2-10-31-16)20(24)19(14)21(28)13-11-26-22-12(13)3-1-9-25-22/h1-11,27H,(H,25,26). The average molecular weight is 485 g/mol. The van der Waals surface area contributed by atoms with Gasteiger partial charge in [0.05, 0.1) is 22.4 Å². The summed E-state index contributed by atoms with van der Waals surface area (Å²) >= 11 is 0.917. The monoisotopic (exact) mass is 485 g/mol. The fraction of sp³-hybridized carbons (Fsp3) is 0. The van der Waals surface area contributed by atoms with Crippen molar-refractivity contribution < 1.29 is 26.4 Å². The number of fused-ring (bicyclic) bond motifs is 1. The molecule has 0 spiro atoms. The molecule has 0 radical (unpaired) electrons. The molecule has 11 heteroatoms. The predicted molar refractivity (Wildman–Crippen MR) is 119 cm³/mol. The molecule has 0 aliphatic heterocycles. The van der Waals surface area contributed by atoms with Crippen LogP contribution < -0.4 is 4.72 Å². The number of hydrogen-bond donors (Lipinski definition) is 2. The Kier molecular flexibility index (Phi) is 5.06. The van der Waals surface area contributed by atoms with Crippen LogP contribution >= 0.6 is 11.3 Å². The number of aromatic nitrogens is 2. The van der Waals surface area contributed by atoms with Crippen molar-refractivity contribution in [3.05, 3.63) is 89.9 Å². The van der Waals surface area contributed by atoms with Crippen LogP contribution in [0.1, 0.15) is 15.9 Å². The van der Waals surface area contributed by atoms with E-state index < -0.39 is 38.7 Å². The number of nitrogens with zero attached hydrogens (tertiary/aromatic N) is 1. The van der Waals surface area contributed by atoms with Gasteiger partial charge in [-0.05, 0) is 48.5 Å². The lowest BCUT2D eigenvalue weighted by Crippen LogP contribution is -2.15. The predicted octanol–water partition coefficient (Wildman–Crippen LogP) is 5.19. The summed E-state index contributed by atoms with van der Waals surface area (Å²) in [6, 6.07) is 11.2. The highest BCUT2D eigenvalue weighted by atomic mass is 32.2. The van der Waals surface area contributed by atoms with Crippen molar-refractivity contribution in [2.75, 3.05) is 4.72 Å². The summed E-state index contributed by atoms with van der Waals surface area (Å²) in [6.07, 6.45) is 4.26. The van der Waals surface area contributed by atoms with Crippen LogP contribution in [0.5, 0.6) is 0 Å². The first-order chi connectivity index (χ1) is 15.8. The van der Waals surface area contributed by atoms with Gasteiger partial charge in [-0.15, -0.1) is 11.3 Å². The zero-order valence-corrected chi connectivity index (χ0v) is 18.1. The zero-order chi connectivity index (χ0) is 23.2. The fourth-order valence-corrected chi connectivity index (χ4v) is 5.66. The van der Waals surface area contributed by atoms with Gasteiger partial charge in [0.2, 0.25) is 5.78 Å². The summed E-state index contributed by atoms with van der Waals surface area (Å²) in [5, 5.41) is 0.385. The van der Waals surface area contributed by atoms with Crippen molar-refractivity contribution in [1.29, 1.82) is 0 Å². The number of ketones is 1. The molecule has 0 aliphatic rings. The minimum Gasteiger partial charge on any atom is -0.464 e. The van der Waals surface area contributed by atoms with Gasteiger partial charge < -0.3 is 9.40 Å². The number of H-pyrrole nitrogens is 1. The molecule has 2 N–H and O–H groups in total. The first-order valence-electron chi connectivity index (χ1n) is 9.46. The molecule has 33 heavy (non-hydrogen) atoms. The molecule has 166 valence electrons. The molecule has 7 nitrogen and oxygen atoms in total. The number of halogens is 2. The molecule has 0 saturated carbocycles. The number of carbonyl (C=O) groups excluding carboxylic acids is 1. The molecular formula is C22H13F2N3O4S2. The first-order valence-corrected chi connectivity index (χ1v) is 11.8. The van der Waals surface area contributed by atoms with Crippen molar-refractivity contribution in [3.63, 3.8) is 0 Å². The summed E-state index contributed by atoms with van der Waals surface area (Å²) in [4.78, 5) is 20.4. The van der Waals surface area contributed by atoms with Gasteiger partial charge in [0.1, 0.15) is 21.4 Å². The number of nitrogens with one attached hydrogen (secondary N) is 2. The summed E-state index contributed by atoms with van der Waals surface area (Å²) in [5.74, 6) is -2.89. The number of benzene rings is 1. The summed E-state index contributed by atoms with van der Waals surface area (Å²) < 4.78 is 62.6. The normalized spacial score (nSPS) is 11.7. The summed E-state index contributed by atoms with van der Waals surface area (Å²) in [6.45, 7) is 0. The molecule has 0 aliphatic carbocycles. The highest BCUT2D eigenvalue weighted by molar-refractivity contribution is 7.94. The molecule has 0 atom stereocenters. The van der Waals surface area contributed by atoms with Gasteiger partial charge in [-0.1, -0.05) is 0 Å². The maximum Gasteiger partial charge on any atom is 0.271 e. The van der Waals surface area contributed by atoms with E-state index in [0.717, 1.165) is 23.5 Å². The van der Waals surface area contributed by atoms with Gasteiger partial charge in [-0.25, -0.2) is 22.2 Å². The van der Waals surface area contributed by atoms with Crippen LogP contribution in [0.15, 0.2) is 75.8 Å².